The fraction of sp³-hybridized carbons (Fsp3) is 0.550. The van der Waals surface area contributed by atoms with Crippen molar-refractivity contribution in [1.29, 1.82) is 0 Å². The van der Waals surface area contributed by atoms with Crippen molar-refractivity contribution < 1.29 is 9.53 Å². The molecule has 1 aromatic carbocycles. The summed E-state index contributed by atoms with van der Waals surface area (Å²) in [6, 6.07) is 3.55. The summed E-state index contributed by atoms with van der Waals surface area (Å²) in [7, 11) is 0. The smallest absolute Gasteiger partial charge is 0.224 e. The van der Waals surface area contributed by atoms with Gasteiger partial charge in [-0.2, -0.15) is 0 Å². The molecule has 0 radical (unpaired) electrons. The lowest BCUT2D eigenvalue weighted by atomic mass is 10.2. The first kappa shape index (κ1) is 21.1. The van der Waals surface area contributed by atoms with E-state index in [9.17, 15) is 4.79 Å². The second-order valence-electron chi connectivity index (χ2n) is 6.83. The maximum atomic E-state index is 12.6. The van der Waals surface area contributed by atoms with E-state index in [2.05, 4.69) is 16.8 Å². The quantitative estimate of drug-likeness (QED) is 0.672. The first-order chi connectivity index (χ1) is 13.5. The molecule has 2 heterocycles. The molecule has 2 aromatic rings. The number of halogens is 2. The van der Waals surface area contributed by atoms with Gasteiger partial charge in [-0.1, -0.05) is 37.0 Å². The highest BCUT2D eigenvalue weighted by molar-refractivity contribution is 6.38. The predicted octanol–water partition coefficient (Wildman–Crippen LogP) is 3.96. The number of morpholine rings is 1. The van der Waals surface area contributed by atoms with Crippen LogP contribution in [-0.4, -0.2) is 60.2 Å². The van der Waals surface area contributed by atoms with E-state index < -0.39 is 0 Å². The molecule has 8 heteroatoms. The topological polar surface area (TPSA) is 58.6 Å². The van der Waals surface area contributed by atoms with Gasteiger partial charge in [0.2, 0.25) is 5.91 Å². The van der Waals surface area contributed by atoms with Crippen LogP contribution in [0.5, 0.6) is 0 Å². The van der Waals surface area contributed by atoms with Gasteiger partial charge in [0.1, 0.15) is 11.6 Å². The summed E-state index contributed by atoms with van der Waals surface area (Å²) < 4.78 is 5.33. The monoisotopic (exact) mass is 424 g/mol. The number of nitrogens with zero attached hydrogens (tertiary/aromatic N) is 4. The second-order valence-corrected chi connectivity index (χ2v) is 7.67. The van der Waals surface area contributed by atoms with E-state index >= 15 is 0 Å². The molecule has 152 valence electrons. The van der Waals surface area contributed by atoms with Crippen LogP contribution in [0.3, 0.4) is 0 Å². The molecule has 1 aliphatic heterocycles. The third-order valence-electron chi connectivity index (χ3n) is 4.81. The molecule has 0 spiro atoms. The molecule has 1 saturated heterocycles. The third-order valence-corrected chi connectivity index (χ3v) is 5.32. The Hall–Kier alpha value is -1.63. The minimum Gasteiger partial charge on any atom is -0.378 e. The van der Waals surface area contributed by atoms with Gasteiger partial charge in [-0.05, 0) is 18.6 Å². The molecule has 3 rings (SSSR count). The highest BCUT2D eigenvalue weighted by Gasteiger charge is 2.20. The van der Waals surface area contributed by atoms with Gasteiger partial charge in [-0.3, -0.25) is 4.79 Å². The molecule has 1 aliphatic rings. The number of ether oxygens (including phenoxy) is 1. The molecule has 0 aliphatic carbocycles. The number of anilines is 1. The van der Waals surface area contributed by atoms with Crippen molar-refractivity contribution in [2.45, 2.75) is 33.1 Å². The van der Waals surface area contributed by atoms with Crippen molar-refractivity contribution in [3.05, 3.63) is 28.0 Å². The number of aromatic nitrogens is 2. The maximum absolute atomic E-state index is 12.6. The number of hydrogen-bond acceptors (Lipinski definition) is 5. The van der Waals surface area contributed by atoms with Crippen molar-refractivity contribution in [3.63, 3.8) is 0 Å². The maximum Gasteiger partial charge on any atom is 0.224 e. The standard InChI is InChI=1S/C20H26Cl2N4O2/c1-3-6-26(7-5-18(27)25-8-10-28-11-9-25)20-15-12-14(21)13-16(22)19(15)23-17(4-2)24-20/h12-13H,3-11H2,1-2H3. The molecule has 0 unspecified atom stereocenters. The van der Waals surface area contributed by atoms with Gasteiger partial charge in [0.25, 0.3) is 0 Å². The van der Waals surface area contributed by atoms with E-state index in [-0.39, 0.29) is 5.91 Å². The van der Waals surface area contributed by atoms with Crippen molar-refractivity contribution >= 4 is 45.8 Å². The molecule has 1 fully saturated rings. The number of carbonyl (C=O) groups excluding carboxylic acids is 1. The summed E-state index contributed by atoms with van der Waals surface area (Å²) >= 11 is 12.7. The summed E-state index contributed by atoms with van der Waals surface area (Å²) in [4.78, 5) is 26.0. The zero-order valence-corrected chi connectivity index (χ0v) is 17.9. The van der Waals surface area contributed by atoms with Gasteiger partial charge in [0, 0.05) is 49.4 Å². The average Bonchev–Trinajstić information content (AvgIpc) is 2.71. The second kappa shape index (κ2) is 9.72. The summed E-state index contributed by atoms with van der Waals surface area (Å²) in [6.07, 6.45) is 2.07. The number of rotatable bonds is 7. The lowest BCUT2D eigenvalue weighted by molar-refractivity contribution is -0.135. The van der Waals surface area contributed by atoms with Gasteiger partial charge in [-0.15, -0.1) is 0 Å². The zero-order valence-electron chi connectivity index (χ0n) is 16.4. The molecular formula is C20H26Cl2N4O2. The largest absolute Gasteiger partial charge is 0.378 e. The third kappa shape index (κ3) is 4.85. The summed E-state index contributed by atoms with van der Waals surface area (Å²) in [5, 5.41) is 1.89. The fourth-order valence-electron chi connectivity index (χ4n) is 3.38. The van der Waals surface area contributed by atoms with E-state index in [1.54, 1.807) is 6.07 Å². The van der Waals surface area contributed by atoms with Crippen LogP contribution in [0.15, 0.2) is 12.1 Å². The van der Waals surface area contributed by atoms with Gasteiger partial charge in [-0.25, -0.2) is 9.97 Å². The Kier molecular flexibility index (Phi) is 7.32. The van der Waals surface area contributed by atoms with Crippen LogP contribution in [0.25, 0.3) is 10.9 Å². The van der Waals surface area contributed by atoms with Crippen LogP contribution in [0, 0.1) is 0 Å². The molecule has 1 aromatic heterocycles. The van der Waals surface area contributed by atoms with Crippen molar-refractivity contribution in [2.75, 3.05) is 44.3 Å². The zero-order chi connectivity index (χ0) is 20.1. The number of aryl methyl sites for hydroxylation is 1. The first-order valence-corrected chi connectivity index (χ1v) is 10.5. The van der Waals surface area contributed by atoms with Crippen LogP contribution < -0.4 is 4.90 Å². The highest BCUT2D eigenvalue weighted by Crippen LogP contribution is 2.32. The number of fused-ring (bicyclic) bond motifs is 1. The van der Waals surface area contributed by atoms with E-state index in [0.717, 1.165) is 30.0 Å². The normalized spacial score (nSPS) is 14.5. The van der Waals surface area contributed by atoms with Gasteiger partial charge >= 0.3 is 0 Å². The molecular weight excluding hydrogens is 399 g/mol. The Labute approximate surface area is 175 Å². The number of amides is 1. The number of benzene rings is 1. The van der Waals surface area contributed by atoms with Crippen molar-refractivity contribution in [1.82, 2.24) is 14.9 Å². The minimum atomic E-state index is 0.148. The molecule has 0 saturated carbocycles. The molecule has 28 heavy (non-hydrogen) atoms. The van der Waals surface area contributed by atoms with Crippen molar-refractivity contribution in [3.8, 4) is 0 Å². The van der Waals surface area contributed by atoms with E-state index in [4.69, 9.17) is 32.9 Å². The van der Waals surface area contributed by atoms with Crippen LogP contribution in [-0.2, 0) is 16.0 Å². The molecule has 0 atom stereocenters. The highest BCUT2D eigenvalue weighted by atomic mass is 35.5. The Balaban J connectivity index is 1.90. The summed E-state index contributed by atoms with van der Waals surface area (Å²) in [5.41, 5.74) is 0.702. The minimum absolute atomic E-state index is 0.148. The fourth-order valence-corrected chi connectivity index (χ4v) is 3.92. The summed E-state index contributed by atoms with van der Waals surface area (Å²) in [6.45, 7) is 8.04. The molecule has 0 bridgehead atoms. The van der Waals surface area contributed by atoms with Crippen LogP contribution >= 0.6 is 23.2 Å². The van der Waals surface area contributed by atoms with Crippen LogP contribution in [0.1, 0.15) is 32.5 Å². The van der Waals surface area contributed by atoms with Crippen molar-refractivity contribution in [2.24, 2.45) is 0 Å². The molecule has 6 nitrogen and oxygen atoms in total. The van der Waals surface area contributed by atoms with E-state index in [0.29, 0.717) is 61.3 Å². The molecule has 1 amide bonds. The Morgan fingerprint density at radius 1 is 1.18 bits per heavy atom. The lowest BCUT2D eigenvalue weighted by Gasteiger charge is -2.29. The van der Waals surface area contributed by atoms with Crippen LogP contribution in [0.2, 0.25) is 10.0 Å². The predicted molar refractivity (Wildman–Crippen MR) is 113 cm³/mol. The van der Waals surface area contributed by atoms with Gasteiger partial charge < -0.3 is 14.5 Å². The number of carbonyl (C=O) groups is 1. The van der Waals surface area contributed by atoms with Gasteiger partial charge in [0.05, 0.1) is 23.8 Å². The number of hydrogen-bond donors (Lipinski definition) is 0. The summed E-state index contributed by atoms with van der Waals surface area (Å²) in [5.74, 6) is 1.67. The molecule has 0 N–H and O–H groups in total. The van der Waals surface area contributed by atoms with Gasteiger partial charge in [0.15, 0.2) is 0 Å². The lowest BCUT2D eigenvalue weighted by Crippen LogP contribution is -2.42. The first-order valence-electron chi connectivity index (χ1n) is 9.79. The van der Waals surface area contributed by atoms with E-state index in [1.807, 2.05) is 17.9 Å². The Morgan fingerprint density at radius 2 is 1.93 bits per heavy atom. The Bertz CT molecular complexity index is 841. The average molecular weight is 425 g/mol. The SMILES string of the molecule is CCCN(CCC(=O)N1CCOCC1)c1nc(CC)nc2c(Cl)cc(Cl)cc12. The Morgan fingerprint density at radius 3 is 2.61 bits per heavy atom. The van der Waals surface area contributed by atoms with E-state index in [1.165, 1.54) is 0 Å². The van der Waals surface area contributed by atoms with Crippen LogP contribution in [0.4, 0.5) is 5.82 Å².